The van der Waals surface area contributed by atoms with Crippen LogP contribution in [0.4, 0.5) is 0 Å². The van der Waals surface area contributed by atoms with Crippen molar-refractivity contribution in [2.75, 3.05) is 0 Å². The van der Waals surface area contributed by atoms with E-state index in [0.29, 0.717) is 17.5 Å². The molecule has 6 heteroatoms. The van der Waals surface area contributed by atoms with Crippen LogP contribution in [0, 0.1) is 0 Å². The van der Waals surface area contributed by atoms with E-state index >= 15 is 0 Å². The standard InChI is InChI=1S/C45H25N3O2S/c1-2-10-26(11-3-1)43-46-44(48-45(47-43)34-17-9-15-32-30-12-4-6-18-37(30)50-41(32)34)28-21-23-39-36(25-28)35-24-27(20-22-38(35)49-39)29-14-8-16-33-31-13-5-7-19-40(31)51-42(29)33/h1-25H. The molecule has 51 heavy (non-hydrogen) atoms. The molecule has 0 unspecified atom stereocenters. The van der Waals surface area contributed by atoms with Crippen molar-refractivity contribution in [2.45, 2.75) is 0 Å². The van der Waals surface area contributed by atoms with E-state index in [0.717, 1.165) is 66.1 Å². The molecule has 11 rings (SSSR count). The molecule has 0 aliphatic rings. The number of hydrogen-bond donors (Lipinski definition) is 0. The Kier molecular flexibility index (Phi) is 6.05. The first kappa shape index (κ1) is 28.2. The SMILES string of the molecule is c1ccc(-c2nc(-c3ccc4oc5ccc(-c6cccc7c6sc6ccccc67)cc5c4c3)nc(-c3cccc4c3oc3ccccc34)n2)cc1. The Labute approximate surface area is 295 Å². The predicted octanol–water partition coefficient (Wildman–Crippen LogP) is 12.7. The van der Waals surface area contributed by atoms with Gasteiger partial charge in [-0.15, -0.1) is 11.3 Å². The second-order valence-electron chi connectivity index (χ2n) is 12.8. The summed E-state index contributed by atoms with van der Waals surface area (Å²) in [4.78, 5) is 15.1. The van der Waals surface area contributed by atoms with Crippen LogP contribution in [0.2, 0.25) is 0 Å². The summed E-state index contributed by atoms with van der Waals surface area (Å²) >= 11 is 1.84. The molecule has 0 fully saturated rings. The van der Waals surface area contributed by atoms with Crippen molar-refractivity contribution in [1.29, 1.82) is 0 Å². The second kappa shape index (κ2) is 10.9. The number of rotatable bonds is 4. The van der Waals surface area contributed by atoms with Gasteiger partial charge >= 0.3 is 0 Å². The maximum atomic E-state index is 6.40. The lowest BCUT2D eigenvalue weighted by atomic mass is 10.00. The summed E-state index contributed by atoms with van der Waals surface area (Å²) in [6.07, 6.45) is 0. The van der Waals surface area contributed by atoms with Crippen LogP contribution in [-0.2, 0) is 0 Å². The van der Waals surface area contributed by atoms with Gasteiger partial charge in [0.25, 0.3) is 0 Å². The van der Waals surface area contributed by atoms with Crippen molar-refractivity contribution in [3.8, 4) is 45.3 Å². The second-order valence-corrected chi connectivity index (χ2v) is 13.8. The molecular formula is C45H25N3O2S. The number of thiophene rings is 1. The lowest BCUT2D eigenvalue weighted by molar-refractivity contribution is 0.669. The molecule has 5 nitrogen and oxygen atoms in total. The first-order chi connectivity index (χ1) is 25.2. The number of nitrogens with zero attached hydrogens (tertiary/aromatic N) is 3. The molecule has 0 saturated carbocycles. The van der Waals surface area contributed by atoms with E-state index in [-0.39, 0.29) is 0 Å². The fraction of sp³-hybridized carbons (Fsp3) is 0. The zero-order valence-corrected chi connectivity index (χ0v) is 27.8. The number of hydrogen-bond acceptors (Lipinski definition) is 6. The van der Waals surface area contributed by atoms with Crippen LogP contribution >= 0.6 is 11.3 Å². The van der Waals surface area contributed by atoms with Gasteiger partial charge < -0.3 is 8.83 Å². The molecule has 238 valence electrons. The van der Waals surface area contributed by atoms with Crippen molar-refractivity contribution in [3.05, 3.63) is 152 Å². The van der Waals surface area contributed by atoms with Crippen molar-refractivity contribution in [3.63, 3.8) is 0 Å². The van der Waals surface area contributed by atoms with Gasteiger partial charge in [0.15, 0.2) is 17.5 Å². The van der Waals surface area contributed by atoms with Crippen LogP contribution in [-0.4, -0.2) is 15.0 Å². The molecule has 0 aliphatic carbocycles. The van der Waals surface area contributed by atoms with Gasteiger partial charge in [0.05, 0.1) is 5.56 Å². The van der Waals surface area contributed by atoms with E-state index in [9.17, 15) is 0 Å². The Morgan fingerprint density at radius 3 is 1.82 bits per heavy atom. The minimum atomic E-state index is 0.555. The smallest absolute Gasteiger partial charge is 0.167 e. The van der Waals surface area contributed by atoms with E-state index < -0.39 is 0 Å². The van der Waals surface area contributed by atoms with Gasteiger partial charge in [-0.25, -0.2) is 15.0 Å². The summed E-state index contributed by atoms with van der Waals surface area (Å²) in [5.74, 6) is 1.73. The molecule has 0 amide bonds. The number of benzene rings is 7. The van der Waals surface area contributed by atoms with Crippen LogP contribution < -0.4 is 0 Å². The van der Waals surface area contributed by atoms with Crippen LogP contribution in [0.25, 0.3) is 109 Å². The molecule has 11 aromatic rings. The molecule has 0 saturated heterocycles. The highest BCUT2D eigenvalue weighted by Crippen LogP contribution is 2.42. The summed E-state index contributed by atoms with van der Waals surface area (Å²) in [6.45, 7) is 0. The summed E-state index contributed by atoms with van der Waals surface area (Å²) in [5.41, 5.74) is 8.22. The van der Waals surface area contributed by atoms with E-state index in [1.807, 2.05) is 84.1 Å². The van der Waals surface area contributed by atoms with Crippen LogP contribution in [0.1, 0.15) is 0 Å². The van der Waals surface area contributed by atoms with Crippen LogP contribution in [0.15, 0.2) is 160 Å². The Bertz CT molecular complexity index is 3160. The van der Waals surface area contributed by atoms with E-state index in [4.69, 9.17) is 23.8 Å². The van der Waals surface area contributed by atoms with Gasteiger partial charge in [0.2, 0.25) is 0 Å². The molecule has 7 aromatic carbocycles. The zero-order valence-electron chi connectivity index (χ0n) is 27.0. The summed E-state index contributed by atoms with van der Waals surface area (Å²) < 4.78 is 15.4. The largest absolute Gasteiger partial charge is 0.456 e. The highest BCUT2D eigenvalue weighted by atomic mass is 32.1. The molecular weight excluding hydrogens is 647 g/mol. The number of aromatic nitrogens is 3. The Morgan fingerprint density at radius 2 is 0.980 bits per heavy atom. The molecule has 0 N–H and O–H groups in total. The van der Waals surface area contributed by atoms with Crippen LogP contribution in [0.3, 0.4) is 0 Å². The topological polar surface area (TPSA) is 65.0 Å². The van der Waals surface area contributed by atoms with Gasteiger partial charge in [-0.3, -0.25) is 0 Å². The van der Waals surface area contributed by atoms with Gasteiger partial charge in [0, 0.05) is 52.8 Å². The fourth-order valence-electron chi connectivity index (χ4n) is 7.32. The third-order valence-electron chi connectivity index (χ3n) is 9.76. The minimum Gasteiger partial charge on any atom is -0.456 e. The molecule has 0 bridgehead atoms. The van der Waals surface area contributed by atoms with Crippen LogP contribution in [0.5, 0.6) is 0 Å². The molecule has 4 aromatic heterocycles. The number of furan rings is 2. The predicted molar refractivity (Wildman–Crippen MR) is 209 cm³/mol. The monoisotopic (exact) mass is 671 g/mol. The molecule has 0 spiro atoms. The Balaban J connectivity index is 1.10. The van der Waals surface area contributed by atoms with Gasteiger partial charge in [-0.2, -0.15) is 0 Å². The zero-order chi connectivity index (χ0) is 33.5. The maximum absolute atomic E-state index is 6.40. The normalized spacial score (nSPS) is 11.9. The fourth-order valence-corrected chi connectivity index (χ4v) is 8.56. The average molecular weight is 672 g/mol. The molecule has 4 heterocycles. The summed E-state index contributed by atoms with van der Waals surface area (Å²) in [6, 6.07) is 52.2. The van der Waals surface area contributed by atoms with Crippen molar-refractivity contribution < 1.29 is 8.83 Å². The van der Waals surface area contributed by atoms with Gasteiger partial charge in [-0.05, 0) is 59.7 Å². The number of fused-ring (bicyclic) bond motifs is 9. The first-order valence-corrected chi connectivity index (χ1v) is 17.7. The van der Waals surface area contributed by atoms with Crippen molar-refractivity contribution in [1.82, 2.24) is 15.0 Å². The summed E-state index contributed by atoms with van der Waals surface area (Å²) in [7, 11) is 0. The highest BCUT2D eigenvalue weighted by Gasteiger charge is 2.19. The van der Waals surface area contributed by atoms with E-state index in [1.54, 1.807) is 0 Å². The maximum Gasteiger partial charge on any atom is 0.167 e. The quantitative estimate of drug-likeness (QED) is 0.186. The average Bonchev–Trinajstić information content (AvgIpc) is 3.89. The highest BCUT2D eigenvalue weighted by molar-refractivity contribution is 7.26. The van der Waals surface area contributed by atoms with E-state index in [1.165, 1.54) is 25.7 Å². The Morgan fingerprint density at radius 1 is 0.373 bits per heavy atom. The molecule has 0 atom stereocenters. The lowest BCUT2D eigenvalue weighted by Crippen LogP contribution is -2.00. The third-order valence-corrected chi connectivity index (χ3v) is 11.0. The van der Waals surface area contributed by atoms with Crippen molar-refractivity contribution >= 4 is 75.4 Å². The van der Waals surface area contributed by atoms with Crippen molar-refractivity contribution in [2.24, 2.45) is 0 Å². The van der Waals surface area contributed by atoms with Gasteiger partial charge in [-0.1, -0.05) is 103 Å². The Hall–Kier alpha value is -6.63. The van der Waals surface area contributed by atoms with E-state index in [2.05, 4.69) is 78.9 Å². The molecule has 0 radical (unpaired) electrons. The molecule has 0 aliphatic heterocycles. The lowest BCUT2D eigenvalue weighted by Gasteiger charge is -2.09. The minimum absolute atomic E-state index is 0.555. The van der Waals surface area contributed by atoms with Gasteiger partial charge in [0.1, 0.15) is 22.3 Å². The summed E-state index contributed by atoms with van der Waals surface area (Å²) in [5, 5.41) is 6.72. The first-order valence-electron chi connectivity index (χ1n) is 16.8. The third kappa shape index (κ3) is 4.43. The number of para-hydroxylation sites is 2.